The summed E-state index contributed by atoms with van der Waals surface area (Å²) in [5, 5.41) is 25.4. The molecule has 4 aliphatic rings. The van der Waals surface area contributed by atoms with E-state index in [-0.39, 0.29) is 59.1 Å². The lowest BCUT2D eigenvalue weighted by molar-refractivity contribution is -0.346. The number of halogens is 7. The Hall–Kier alpha value is -5.28. The number of nitriles is 1. The Kier molecular flexibility index (Phi) is 10.0. The molecule has 0 radical (unpaired) electrons. The van der Waals surface area contributed by atoms with Gasteiger partial charge in [-0.3, -0.25) is 14.6 Å². The average molecular weight is 807 g/mol. The van der Waals surface area contributed by atoms with Gasteiger partial charge in [0.1, 0.15) is 11.8 Å². The van der Waals surface area contributed by atoms with Crippen molar-refractivity contribution >= 4 is 11.9 Å². The zero-order valence-electron chi connectivity index (χ0n) is 31.0. The lowest BCUT2D eigenvalue weighted by Gasteiger charge is -2.60. The Balaban J connectivity index is 1.39. The standard InChI is InChI=1S/C39H37F7N4O7/c1-18-12-21-13-23-25(15-47)50-24(30(49(23)3)28(21)31(52)32(18)54-4)14-22-29(26(50)16-48-27(51)11-10-20-8-6-5-7-9-20)35-34(55-17-56-35)19(2)33(22)57-36(53)37(40,41)38(42,43)39(44,45)46/h5-9,12,23-26,30,52H,10-11,13-14,16-17H2,1-4H3,(H,48,51)/t23-,24?,25+,26+,30-/m1/s1. The highest BCUT2D eigenvalue weighted by Crippen LogP contribution is 2.59. The summed E-state index contributed by atoms with van der Waals surface area (Å²) < 4.78 is 119. The third-order valence-corrected chi connectivity index (χ3v) is 11.4. The second kappa shape index (κ2) is 14.3. The van der Waals surface area contributed by atoms with E-state index in [0.29, 0.717) is 29.5 Å². The number of benzene rings is 3. The van der Waals surface area contributed by atoms with Crippen LogP contribution in [0.1, 0.15) is 57.4 Å². The van der Waals surface area contributed by atoms with E-state index in [1.807, 2.05) is 41.3 Å². The topological polar surface area (TPSA) is 134 Å². The van der Waals surface area contributed by atoms with Gasteiger partial charge in [0.15, 0.2) is 23.0 Å². The van der Waals surface area contributed by atoms with Crippen molar-refractivity contribution in [1.29, 1.82) is 5.26 Å². The van der Waals surface area contributed by atoms with Crippen molar-refractivity contribution < 1.29 is 64.4 Å². The van der Waals surface area contributed by atoms with Gasteiger partial charge in [-0.2, -0.15) is 36.0 Å². The molecule has 1 amide bonds. The van der Waals surface area contributed by atoms with Crippen molar-refractivity contribution in [2.24, 2.45) is 0 Å². The predicted octanol–water partition coefficient (Wildman–Crippen LogP) is 6.01. The maximum atomic E-state index is 14.9. The molecule has 3 aromatic carbocycles. The zero-order chi connectivity index (χ0) is 41.4. The van der Waals surface area contributed by atoms with Crippen molar-refractivity contribution in [3.8, 4) is 34.8 Å². The highest BCUT2D eigenvalue weighted by molar-refractivity contribution is 5.83. The summed E-state index contributed by atoms with van der Waals surface area (Å²) in [5.41, 5.74) is 2.41. The summed E-state index contributed by atoms with van der Waals surface area (Å²) in [5.74, 6) is -17.7. The van der Waals surface area contributed by atoms with Crippen molar-refractivity contribution in [3.63, 3.8) is 0 Å². The van der Waals surface area contributed by atoms with E-state index in [1.54, 1.807) is 18.9 Å². The van der Waals surface area contributed by atoms with Crippen LogP contribution in [0.4, 0.5) is 30.7 Å². The lowest BCUT2D eigenvalue weighted by Crippen LogP contribution is -2.68. The Morgan fingerprint density at radius 3 is 2.33 bits per heavy atom. The highest BCUT2D eigenvalue weighted by atomic mass is 19.4. The zero-order valence-corrected chi connectivity index (χ0v) is 31.0. The number of esters is 1. The molecule has 5 atom stereocenters. The number of carbonyl (C=O) groups excluding carboxylic acids is 2. The van der Waals surface area contributed by atoms with Crippen LogP contribution in [0.15, 0.2) is 36.4 Å². The molecule has 2 bridgehead atoms. The summed E-state index contributed by atoms with van der Waals surface area (Å²) in [6.45, 7) is 2.29. The number of nitrogens with zero attached hydrogens (tertiary/aromatic N) is 3. The quantitative estimate of drug-likeness (QED) is 0.151. The Labute approximate surface area is 321 Å². The molecular weight excluding hydrogens is 769 g/mol. The summed E-state index contributed by atoms with van der Waals surface area (Å²) in [6.07, 6.45) is -6.39. The number of phenols is 1. The van der Waals surface area contributed by atoms with Gasteiger partial charge >= 0.3 is 24.0 Å². The number of aromatic hydroxyl groups is 1. The summed E-state index contributed by atoms with van der Waals surface area (Å²) in [4.78, 5) is 30.0. The van der Waals surface area contributed by atoms with Crippen LogP contribution < -0.4 is 24.3 Å². The van der Waals surface area contributed by atoms with Crippen LogP contribution in [0.2, 0.25) is 0 Å². The molecule has 1 fully saturated rings. The summed E-state index contributed by atoms with van der Waals surface area (Å²) >= 11 is 0. The van der Waals surface area contributed by atoms with E-state index in [0.717, 1.165) is 5.56 Å². The SMILES string of the molecule is COc1c(C)cc2c(c1O)[C@H]1C3Cc4c(OC(=O)C(F)(F)C(F)(F)C(F)(F)F)c(C)c5c(c4[C@H](CNC(=O)CCc4ccccc4)N3[C@@H](C#N)[C@@H](C2)N1C)OCO5. The minimum Gasteiger partial charge on any atom is -0.504 e. The number of fused-ring (bicyclic) bond motifs is 9. The second-order valence-corrected chi connectivity index (χ2v) is 14.6. The number of ether oxygens (including phenoxy) is 4. The predicted molar refractivity (Wildman–Crippen MR) is 186 cm³/mol. The van der Waals surface area contributed by atoms with Gasteiger partial charge in [0.25, 0.3) is 0 Å². The molecule has 3 aromatic rings. The Morgan fingerprint density at radius 2 is 1.68 bits per heavy atom. The number of hydrogen-bond acceptors (Lipinski definition) is 10. The largest absolute Gasteiger partial charge is 0.504 e. The number of nitrogens with one attached hydrogen (secondary N) is 1. The van der Waals surface area contributed by atoms with Crippen molar-refractivity contribution in [3.05, 3.63) is 75.3 Å². The van der Waals surface area contributed by atoms with E-state index in [9.17, 15) is 50.7 Å². The summed E-state index contributed by atoms with van der Waals surface area (Å²) in [7, 11) is 3.10. The van der Waals surface area contributed by atoms with Crippen LogP contribution in [0.5, 0.6) is 28.7 Å². The fraction of sp³-hybridized carbons (Fsp3) is 0.462. The van der Waals surface area contributed by atoms with Crippen molar-refractivity contribution in [1.82, 2.24) is 15.1 Å². The molecule has 0 aliphatic carbocycles. The van der Waals surface area contributed by atoms with Gasteiger partial charge in [0, 0.05) is 47.3 Å². The van der Waals surface area contributed by atoms with Gasteiger partial charge in [-0.05, 0) is 56.8 Å². The number of likely N-dealkylation sites (N-methyl/N-ethyl adjacent to an activating group) is 1. The van der Waals surface area contributed by atoms with E-state index in [2.05, 4.69) is 11.4 Å². The summed E-state index contributed by atoms with van der Waals surface area (Å²) in [6, 6.07) is 9.15. The molecule has 7 rings (SSSR count). The number of rotatable bonds is 9. The number of aryl methyl sites for hydroxylation is 2. The Morgan fingerprint density at radius 1 is 1.00 bits per heavy atom. The molecule has 11 nitrogen and oxygen atoms in total. The van der Waals surface area contributed by atoms with E-state index in [1.165, 1.54) is 14.0 Å². The lowest BCUT2D eigenvalue weighted by atomic mass is 9.71. The molecule has 18 heteroatoms. The third kappa shape index (κ3) is 6.26. The van der Waals surface area contributed by atoms with Gasteiger partial charge in [-0.15, -0.1) is 0 Å². The number of amides is 1. The van der Waals surface area contributed by atoms with Crippen molar-refractivity contribution in [2.75, 3.05) is 27.5 Å². The molecule has 1 saturated heterocycles. The minimum atomic E-state index is -6.81. The van der Waals surface area contributed by atoms with Gasteiger partial charge in [0.05, 0.1) is 25.3 Å². The molecule has 4 heterocycles. The first-order chi connectivity index (χ1) is 26.8. The number of carbonyl (C=O) groups is 2. The number of piperazine rings is 1. The molecule has 0 saturated carbocycles. The van der Waals surface area contributed by atoms with Crippen LogP contribution in [0, 0.1) is 25.2 Å². The van der Waals surface area contributed by atoms with Crippen LogP contribution in [-0.4, -0.2) is 90.4 Å². The minimum absolute atomic E-state index is 0.0259. The fourth-order valence-electron chi connectivity index (χ4n) is 8.83. The van der Waals surface area contributed by atoms with Gasteiger partial charge in [-0.25, -0.2) is 4.79 Å². The van der Waals surface area contributed by atoms with E-state index < -0.39 is 72.6 Å². The second-order valence-electron chi connectivity index (χ2n) is 14.6. The van der Waals surface area contributed by atoms with E-state index in [4.69, 9.17) is 18.9 Å². The molecule has 1 unspecified atom stereocenters. The molecule has 0 aromatic heterocycles. The van der Waals surface area contributed by atoms with Gasteiger partial charge in [-0.1, -0.05) is 36.4 Å². The number of alkyl halides is 7. The normalized spacial score (nSPS) is 22.8. The highest BCUT2D eigenvalue weighted by Gasteiger charge is 2.77. The van der Waals surface area contributed by atoms with Crippen LogP contribution in [-0.2, 0) is 28.9 Å². The number of hydrogen-bond donors (Lipinski definition) is 2. The molecule has 4 aliphatic heterocycles. The molecular formula is C39H37F7N4O7. The smallest absolute Gasteiger partial charge is 0.460 e. The van der Waals surface area contributed by atoms with Crippen molar-refractivity contribution in [2.45, 2.75) is 87.8 Å². The third-order valence-electron chi connectivity index (χ3n) is 11.4. The first-order valence-electron chi connectivity index (χ1n) is 17.9. The molecule has 57 heavy (non-hydrogen) atoms. The number of phenolic OH excluding ortho intramolecular Hbond substituents is 1. The Bertz CT molecular complexity index is 2160. The maximum absolute atomic E-state index is 14.9. The molecule has 304 valence electrons. The van der Waals surface area contributed by atoms with Crippen LogP contribution in [0.25, 0.3) is 0 Å². The van der Waals surface area contributed by atoms with Gasteiger partial charge in [0.2, 0.25) is 12.7 Å². The average Bonchev–Trinajstić information content (AvgIpc) is 3.65. The van der Waals surface area contributed by atoms with Crippen LogP contribution in [0.3, 0.4) is 0 Å². The first-order valence-corrected chi connectivity index (χ1v) is 17.9. The maximum Gasteiger partial charge on any atom is 0.460 e. The number of methoxy groups -OCH3 is 1. The molecule has 2 N–H and O–H groups in total. The molecule has 0 spiro atoms. The van der Waals surface area contributed by atoms with Gasteiger partial charge < -0.3 is 29.4 Å². The monoisotopic (exact) mass is 806 g/mol. The fourth-order valence-corrected chi connectivity index (χ4v) is 8.83. The van der Waals surface area contributed by atoms with E-state index >= 15 is 0 Å². The van der Waals surface area contributed by atoms with Crippen LogP contribution >= 0.6 is 0 Å². The first kappa shape index (κ1) is 39.9.